The molecule has 3 aromatic rings. The minimum absolute atomic E-state index is 0.0562. The van der Waals surface area contributed by atoms with Crippen molar-refractivity contribution >= 4 is 39.2 Å². The van der Waals surface area contributed by atoms with Crippen LogP contribution in [0.3, 0.4) is 0 Å². The van der Waals surface area contributed by atoms with Crippen molar-refractivity contribution in [3.63, 3.8) is 0 Å². The second-order valence-electron chi connectivity index (χ2n) is 7.72. The molecule has 0 unspecified atom stereocenters. The summed E-state index contributed by atoms with van der Waals surface area (Å²) in [6.07, 6.45) is 6.08. The number of carbonyl (C=O) groups excluding carboxylic acids is 1. The summed E-state index contributed by atoms with van der Waals surface area (Å²) in [6.45, 7) is 4.23. The van der Waals surface area contributed by atoms with E-state index in [4.69, 9.17) is 4.74 Å². The van der Waals surface area contributed by atoms with Gasteiger partial charge in [-0.3, -0.25) is 14.6 Å². The van der Waals surface area contributed by atoms with Gasteiger partial charge in [-0.15, -0.1) is 23.1 Å². The lowest BCUT2D eigenvalue weighted by atomic mass is 9.97. The number of thioether (sulfide) groups is 1. The lowest BCUT2D eigenvalue weighted by Crippen LogP contribution is -2.25. The van der Waals surface area contributed by atoms with E-state index in [-0.39, 0.29) is 17.2 Å². The first-order chi connectivity index (χ1) is 15.0. The maximum Gasteiger partial charge on any atom is 0.259 e. The molecular weight excluding hydrogens is 432 g/mol. The second-order valence-corrected chi connectivity index (χ2v) is 9.79. The molecule has 164 valence electrons. The minimum Gasteiger partial charge on any atom is -0.496 e. The average Bonchev–Trinajstić information content (AvgIpc) is 3.12. The van der Waals surface area contributed by atoms with Crippen molar-refractivity contribution in [3.8, 4) is 5.75 Å². The monoisotopic (exact) mass is 458 g/mol. The Morgan fingerprint density at radius 3 is 2.94 bits per heavy atom. The van der Waals surface area contributed by atoms with Crippen molar-refractivity contribution in [2.75, 3.05) is 12.9 Å². The van der Waals surface area contributed by atoms with Crippen LogP contribution in [0.2, 0.25) is 0 Å². The number of hydrogen-bond donors (Lipinski definition) is 2. The number of methoxy groups -OCH3 is 1. The molecule has 0 saturated carbocycles. The molecule has 3 heterocycles. The first kappa shape index (κ1) is 21.8. The number of carbonyl (C=O) groups is 1. The molecule has 1 aliphatic carbocycles. The number of rotatable bonds is 7. The second kappa shape index (κ2) is 9.40. The molecule has 0 saturated heterocycles. The third kappa shape index (κ3) is 4.62. The molecule has 0 aliphatic heterocycles. The highest BCUT2D eigenvalue weighted by atomic mass is 32.2. The van der Waals surface area contributed by atoms with Crippen molar-refractivity contribution in [2.24, 2.45) is 0 Å². The smallest absolute Gasteiger partial charge is 0.259 e. The number of hydrogen-bond acceptors (Lipinski definition) is 7. The van der Waals surface area contributed by atoms with E-state index in [1.165, 1.54) is 28.6 Å². The third-order valence-corrected chi connectivity index (χ3v) is 7.68. The van der Waals surface area contributed by atoms with E-state index in [1.807, 2.05) is 13.8 Å². The normalized spacial score (nSPS) is 13.3. The molecular formula is C22H26N4O3S2. The van der Waals surface area contributed by atoms with Crippen molar-refractivity contribution in [1.29, 1.82) is 0 Å². The maximum atomic E-state index is 12.6. The van der Waals surface area contributed by atoms with Crippen LogP contribution in [-0.2, 0) is 29.9 Å². The van der Waals surface area contributed by atoms with E-state index in [0.29, 0.717) is 18.1 Å². The summed E-state index contributed by atoms with van der Waals surface area (Å²) in [6, 6.07) is 0. The van der Waals surface area contributed by atoms with Gasteiger partial charge in [0.15, 0.2) is 0 Å². The van der Waals surface area contributed by atoms with E-state index in [9.17, 15) is 9.59 Å². The summed E-state index contributed by atoms with van der Waals surface area (Å²) in [5, 5.41) is 3.67. The molecule has 3 aromatic heterocycles. The molecule has 7 nitrogen and oxygen atoms in total. The van der Waals surface area contributed by atoms with Gasteiger partial charge in [-0.05, 0) is 45.1 Å². The molecule has 0 spiro atoms. The van der Waals surface area contributed by atoms with Gasteiger partial charge in [0.05, 0.1) is 36.2 Å². The standard InChI is InChI=1S/C22H26N4O3S2/c1-12-8-23-15(13(2)20(12)29-3)9-24-18(27)11-30-10-17-25-21(28)19-14-6-4-5-7-16(14)31-22(19)26-17/h8H,4-7,9-11H2,1-3H3,(H,24,27)(H,25,26,28). The van der Waals surface area contributed by atoms with E-state index >= 15 is 0 Å². The molecule has 1 aliphatic rings. The van der Waals surface area contributed by atoms with Gasteiger partial charge in [-0.1, -0.05) is 0 Å². The number of aromatic amines is 1. The zero-order valence-electron chi connectivity index (χ0n) is 18.0. The zero-order valence-corrected chi connectivity index (χ0v) is 19.6. The van der Waals surface area contributed by atoms with Crippen molar-refractivity contribution < 1.29 is 9.53 Å². The Balaban J connectivity index is 1.34. The fourth-order valence-electron chi connectivity index (χ4n) is 4.00. The Bertz CT molecular complexity index is 1190. The van der Waals surface area contributed by atoms with Crippen molar-refractivity contribution in [2.45, 2.75) is 51.8 Å². The highest BCUT2D eigenvalue weighted by molar-refractivity contribution is 7.99. The zero-order chi connectivity index (χ0) is 22.0. The Morgan fingerprint density at radius 2 is 2.13 bits per heavy atom. The lowest BCUT2D eigenvalue weighted by Gasteiger charge is -2.12. The fraction of sp³-hybridized carbons (Fsp3) is 0.455. The molecule has 4 rings (SSSR count). The summed E-state index contributed by atoms with van der Waals surface area (Å²) in [5.74, 6) is 2.10. The number of thiophene rings is 1. The molecule has 0 fully saturated rings. The van der Waals surface area contributed by atoms with E-state index in [1.54, 1.807) is 24.6 Å². The summed E-state index contributed by atoms with van der Waals surface area (Å²) in [4.78, 5) is 39.0. The Morgan fingerprint density at radius 1 is 1.32 bits per heavy atom. The van der Waals surface area contributed by atoms with E-state index in [0.717, 1.165) is 52.0 Å². The molecule has 0 atom stereocenters. The largest absolute Gasteiger partial charge is 0.496 e. The first-order valence-corrected chi connectivity index (χ1v) is 12.3. The molecule has 2 N–H and O–H groups in total. The Labute approximate surface area is 189 Å². The fourth-order valence-corrected chi connectivity index (χ4v) is 6.00. The minimum atomic E-state index is -0.0826. The lowest BCUT2D eigenvalue weighted by molar-refractivity contribution is -0.118. The van der Waals surface area contributed by atoms with E-state index < -0.39 is 0 Å². The number of amides is 1. The predicted octanol–water partition coefficient (Wildman–Crippen LogP) is 3.43. The van der Waals surface area contributed by atoms with Crippen LogP contribution in [0.4, 0.5) is 0 Å². The highest BCUT2D eigenvalue weighted by Gasteiger charge is 2.19. The maximum absolute atomic E-state index is 12.6. The number of nitrogens with zero attached hydrogens (tertiary/aromatic N) is 2. The Kier molecular flexibility index (Phi) is 6.62. The van der Waals surface area contributed by atoms with Crippen LogP contribution in [0, 0.1) is 13.8 Å². The number of nitrogens with one attached hydrogen (secondary N) is 2. The quantitative estimate of drug-likeness (QED) is 0.563. The van der Waals surface area contributed by atoms with Gasteiger partial charge >= 0.3 is 0 Å². The number of fused-ring (bicyclic) bond motifs is 3. The van der Waals surface area contributed by atoms with Crippen molar-refractivity contribution in [3.05, 3.63) is 49.6 Å². The molecule has 9 heteroatoms. The number of H-pyrrole nitrogens is 1. The summed E-state index contributed by atoms with van der Waals surface area (Å²) in [5.41, 5.74) is 3.83. The van der Waals surface area contributed by atoms with Crippen LogP contribution < -0.4 is 15.6 Å². The van der Waals surface area contributed by atoms with Gasteiger partial charge in [0.2, 0.25) is 5.91 Å². The highest BCUT2D eigenvalue weighted by Crippen LogP contribution is 2.33. The SMILES string of the molecule is COc1c(C)cnc(CNC(=O)CSCc2nc3sc4c(c3c(=O)[nH]2)CCCC4)c1C. The molecule has 31 heavy (non-hydrogen) atoms. The van der Waals surface area contributed by atoms with Gasteiger partial charge in [-0.25, -0.2) is 4.98 Å². The topological polar surface area (TPSA) is 97.0 Å². The predicted molar refractivity (Wildman–Crippen MR) is 125 cm³/mol. The Hall–Kier alpha value is -2.39. The average molecular weight is 459 g/mol. The molecule has 0 aromatic carbocycles. The van der Waals surface area contributed by atoms with Crippen LogP contribution in [0.25, 0.3) is 10.2 Å². The molecule has 1 amide bonds. The van der Waals surface area contributed by atoms with Crippen LogP contribution in [0.1, 0.15) is 45.9 Å². The van der Waals surface area contributed by atoms with Crippen LogP contribution >= 0.6 is 23.1 Å². The third-order valence-electron chi connectivity index (χ3n) is 5.55. The molecule has 0 radical (unpaired) electrons. The number of aromatic nitrogens is 3. The van der Waals surface area contributed by atoms with Crippen LogP contribution in [-0.4, -0.2) is 33.7 Å². The number of aryl methyl sites for hydroxylation is 3. The van der Waals surface area contributed by atoms with Crippen molar-refractivity contribution in [1.82, 2.24) is 20.3 Å². The molecule has 0 bridgehead atoms. The van der Waals surface area contributed by atoms with Crippen LogP contribution in [0.5, 0.6) is 5.75 Å². The summed E-state index contributed by atoms with van der Waals surface area (Å²) >= 11 is 3.07. The van der Waals surface area contributed by atoms with Gasteiger partial charge < -0.3 is 15.0 Å². The van der Waals surface area contributed by atoms with Gasteiger partial charge in [0.25, 0.3) is 5.56 Å². The van der Waals surface area contributed by atoms with Gasteiger partial charge in [0, 0.05) is 22.2 Å². The van der Waals surface area contributed by atoms with E-state index in [2.05, 4.69) is 20.3 Å². The summed E-state index contributed by atoms with van der Waals surface area (Å²) < 4.78 is 5.41. The summed E-state index contributed by atoms with van der Waals surface area (Å²) in [7, 11) is 1.63. The van der Waals surface area contributed by atoms with Gasteiger partial charge in [0.1, 0.15) is 16.4 Å². The first-order valence-electron chi connectivity index (χ1n) is 10.3. The van der Waals surface area contributed by atoms with Crippen LogP contribution in [0.15, 0.2) is 11.0 Å². The van der Waals surface area contributed by atoms with Gasteiger partial charge in [-0.2, -0.15) is 0 Å². The number of pyridine rings is 1. The number of ether oxygens (including phenoxy) is 1.